The van der Waals surface area contributed by atoms with Crippen LogP contribution >= 0.6 is 0 Å². The van der Waals surface area contributed by atoms with Crippen LogP contribution in [-0.2, 0) is 4.74 Å². The molecule has 0 atom stereocenters. The van der Waals surface area contributed by atoms with E-state index in [1.807, 2.05) is 19.9 Å². The highest BCUT2D eigenvalue weighted by atomic mass is 16.5. The largest absolute Gasteiger partial charge is 0.458 e. The van der Waals surface area contributed by atoms with E-state index in [1.165, 1.54) is 0 Å². The Morgan fingerprint density at radius 1 is 1.31 bits per heavy atom. The molecule has 0 fully saturated rings. The summed E-state index contributed by atoms with van der Waals surface area (Å²) in [6.07, 6.45) is 7.05. The Bertz CT molecular complexity index is 267. The van der Waals surface area contributed by atoms with E-state index in [4.69, 9.17) is 4.74 Å². The van der Waals surface area contributed by atoms with Crippen molar-refractivity contribution in [1.29, 1.82) is 0 Å². The van der Waals surface area contributed by atoms with Crippen LogP contribution in [0.3, 0.4) is 0 Å². The van der Waals surface area contributed by atoms with Crippen LogP contribution in [-0.4, -0.2) is 0 Å². The molecule has 0 heterocycles. The SMILES string of the molecule is C=C/C=C\C(=C)O/C(=C/C)C(=C)C. The predicted octanol–water partition coefficient (Wildman–Crippen LogP) is 3.74. The zero-order chi connectivity index (χ0) is 10.3. The van der Waals surface area contributed by atoms with Crippen LogP contribution in [0, 0.1) is 0 Å². The van der Waals surface area contributed by atoms with Crippen LogP contribution in [0.2, 0.25) is 0 Å². The summed E-state index contributed by atoms with van der Waals surface area (Å²) in [6, 6.07) is 0. The summed E-state index contributed by atoms with van der Waals surface area (Å²) < 4.78 is 5.40. The normalized spacial score (nSPS) is 11.4. The van der Waals surface area contributed by atoms with Crippen molar-refractivity contribution in [2.45, 2.75) is 13.8 Å². The van der Waals surface area contributed by atoms with Gasteiger partial charge in [0.25, 0.3) is 0 Å². The lowest BCUT2D eigenvalue weighted by Crippen LogP contribution is -1.90. The minimum atomic E-state index is 0.580. The first-order valence-corrected chi connectivity index (χ1v) is 4.09. The fourth-order valence-electron chi connectivity index (χ4n) is 0.743. The minimum absolute atomic E-state index is 0.580. The molecule has 0 rings (SSSR count). The monoisotopic (exact) mass is 176 g/mol. The molecule has 0 saturated carbocycles. The van der Waals surface area contributed by atoms with Gasteiger partial charge in [-0.05, 0) is 31.6 Å². The molecular formula is C12H16O. The van der Waals surface area contributed by atoms with Crippen LogP contribution < -0.4 is 0 Å². The molecule has 0 N–H and O–H groups in total. The summed E-state index contributed by atoms with van der Waals surface area (Å²) in [5, 5.41) is 0. The highest BCUT2D eigenvalue weighted by Crippen LogP contribution is 2.13. The smallest absolute Gasteiger partial charge is 0.125 e. The fraction of sp³-hybridized carbons (Fsp3) is 0.167. The molecule has 1 nitrogen and oxygen atoms in total. The van der Waals surface area contributed by atoms with Gasteiger partial charge < -0.3 is 4.74 Å². The molecular weight excluding hydrogens is 160 g/mol. The van der Waals surface area contributed by atoms with Crippen LogP contribution in [0.4, 0.5) is 0 Å². The number of rotatable bonds is 5. The van der Waals surface area contributed by atoms with Crippen LogP contribution in [0.1, 0.15) is 13.8 Å². The summed E-state index contributed by atoms with van der Waals surface area (Å²) in [7, 11) is 0. The van der Waals surface area contributed by atoms with Crippen molar-refractivity contribution in [3.8, 4) is 0 Å². The third kappa shape index (κ3) is 4.86. The molecule has 0 amide bonds. The van der Waals surface area contributed by atoms with E-state index in [1.54, 1.807) is 18.2 Å². The highest BCUT2D eigenvalue weighted by Gasteiger charge is 1.97. The number of allylic oxidation sites excluding steroid dienone is 5. The van der Waals surface area contributed by atoms with Gasteiger partial charge >= 0.3 is 0 Å². The van der Waals surface area contributed by atoms with Gasteiger partial charge in [-0.15, -0.1) is 0 Å². The molecule has 70 valence electrons. The molecule has 0 aromatic heterocycles. The summed E-state index contributed by atoms with van der Waals surface area (Å²) in [5.41, 5.74) is 0.885. The van der Waals surface area contributed by atoms with Crippen molar-refractivity contribution < 1.29 is 4.74 Å². The van der Waals surface area contributed by atoms with Gasteiger partial charge in [-0.2, -0.15) is 0 Å². The molecule has 13 heavy (non-hydrogen) atoms. The Kier molecular flexibility index (Phi) is 5.37. The van der Waals surface area contributed by atoms with E-state index in [-0.39, 0.29) is 0 Å². The number of hydrogen-bond donors (Lipinski definition) is 0. The zero-order valence-electron chi connectivity index (χ0n) is 8.34. The number of hydrogen-bond acceptors (Lipinski definition) is 1. The van der Waals surface area contributed by atoms with Crippen molar-refractivity contribution in [3.63, 3.8) is 0 Å². The van der Waals surface area contributed by atoms with E-state index < -0.39 is 0 Å². The molecule has 0 aromatic rings. The Morgan fingerprint density at radius 2 is 1.92 bits per heavy atom. The van der Waals surface area contributed by atoms with Gasteiger partial charge in [-0.1, -0.05) is 31.9 Å². The van der Waals surface area contributed by atoms with Gasteiger partial charge in [0.15, 0.2) is 0 Å². The molecule has 0 radical (unpaired) electrons. The van der Waals surface area contributed by atoms with Gasteiger partial charge in [0.2, 0.25) is 0 Å². The van der Waals surface area contributed by atoms with E-state index in [0.717, 1.165) is 11.3 Å². The van der Waals surface area contributed by atoms with Crippen molar-refractivity contribution in [3.05, 3.63) is 61.1 Å². The van der Waals surface area contributed by atoms with E-state index in [2.05, 4.69) is 19.7 Å². The second kappa shape index (κ2) is 6.06. The van der Waals surface area contributed by atoms with Crippen LogP contribution in [0.15, 0.2) is 61.1 Å². The summed E-state index contributed by atoms with van der Waals surface area (Å²) in [5.74, 6) is 1.33. The average Bonchev–Trinajstić information content (AvgIpc) is 2.10. The molecule has 0 aliphatic heterocycles. The molecule has 0 saturated heterocycles. The Labute approximate surface area is 80.4 Å². The highest BCUT2D eigenvalue weighted by molar-refractivity contribution is 5.24. The van der Waals surface area contributed by atoms with E-state index in [9.17, 15) is 0 Å². The summed E-state index contributed by atoms with van der Waals surface area (Å²) in [4.78, 5) is 0. The van der Waals surface area contributed by atoms with Crippen molar-refractivity contribution in [2.75, 3.05) is 0 Å². The van der Waals surface area contributed by atoms with Gasteiger partial charge in [0.1, 0.15) is 11.5 Å². The molecule has 0 aliphatic carbocycles. The second-order valence-corrected chi connectivity index (χ2v) is 2.60. The van der Waals surface area contributed by atoms with Gasteiger partial charge in [0, 0.05) is 0 Å². The molecule has 0 unspecified atom stereocenters. The van der Waals surface area contributed by atoms with Crippen molar-refractivity contribution in [1.82, 2.24) is 0 Å². The molecule has 0 spiro atoms. The maximum absolute atomic E-state index is 5.40. The lowest BCUT2D eigenvalue weighted by molar-refractivity contribution is 0.331. The fourth-order valence-corrected chi connectivity index (χ4v) is 0.743. The van der Waals surface area contributed by atoms with E-state index in [0.29, 0.717) is 5.76 Å². The van der Waals surface area contributed by atoms with Crippen molar-refractivity contribution >= 4 is 0 Å². The average molecular weight is 176 g/mol. The maximum Gasteiger partial charge on any atom is 0.125 e. The second-order valence-electron chi connectivity index (χ2n) is 2.60. The van der Waals surface area contributed by atoms with Crippen LogP contribution in [0.5, 0.6) is 0 Å². The predicted molar refractivity (Wildman–Crippen MR) is 58.1 cm³/mol. The number of ether oxygens (including phenoxy) is 1. The van der Waals surface area contributed by atoms with Gasteiger partial charge in [-0.25, -0.2) is 0 Å². The van der Waals surface area contributed by atoms with Gasteiger partial charge in [-0.3, -0.25) is 0 Å². The Hall–Kier alpha value is -1.50. The lowest BCUT2D eigenvalue weighted by atomic mass is 10.3. The molecule has 1 heteroatoms. The molecule has 0 bridgehead atoms. The Balaban J connectivity index is 4.27. The quantitative estimate of drug-likeness (QED) is 0.458. The van der Waals surface area contributed by atoms with Gasteiger partial charge in [0.05, 0.1) is 0 Å². The molecule has 0 aromatic carbocycles. The minimum Gasteiger partial charge on any atom is -0.458 e. The third-order valence-corrected chi connectivity index (χ3v) is 1.34. The lowest BCUT2D eigenvalue weighted by Gasteiger charge is -2.08. The zero-order valence-corrected chi connectivity index (χ0v) is 8.34. The standard InChI is InChI=1S/C12H16O/c1-6-8-9-11(5)13-12(7-2)10(3)4/h6-9H,1,3,5H2,2,4H3/b9-8-,12-7+. The molecule has 0 aliphatic rings. The first kappa shape index (κ1) is 11.5. The summed E-state index contributed by atoms with van der Waals surface area (Å²) >= 11 is 0. The Morgan fingerprint density at radius 3 is 2.31 bits per heavy atom. The van der Waals surface area contributed by atoms with Crippen LogP contribution in [0.25, 0.3) is 0 Å². The summed E-state index contributed by atoms with van der Waals surface area (Å²) in [6.45, 7) is 14.8. The first-order valence-electron chi connectivity index (χ1n) is 4.09. The van der Waals surface area contributed by atoms with Crippen molar-refractivity contribution in [2.24, 2.45) is 0 Å². The topological polar surface area (TPSA) is 9.23 Å². The maximum atomic E-state index is 5.40. The third-order valence-electron chi connectivity index (χ3n) is 1.34. The first-order chi connectivity index (χ1) is 6.11. The van der Waals surface area contributed by atoms with E-state index >= 15 is 0 Å².